The number of aromatic nitrogens is 1. The Bertz CT molecular complexity index is 1040. The van der Waals surface area contributed by atoms with Gasteiger partial charge in [-0.3, -0.25) is 4.79 Å². The molecule has 1 fully saturated rings. The first-order valence-corrected chi connectivity index (χ1v) is 10.8. The molecule has 0 atom stereocenters. The van der Waals surface area contributed by atoms with Crippen molar-refractivity contribution in [3.05, 3.63) is 46.8 Å². The van der Waals surface area contributed by atoms with Gasteiger partial charge in [0, 0.05) is 32.1 Å². The SMILES string of the molecule is Cc1noc(C(C)C)c1C(=O)N1CCN(S(=O)(=O)c2ccccc2C(F)(F)F)CC1. The number of nitrogens with zero attached hydrogens (tertiary/aromatic N) is 3. The first-order chi connectivity index (χ1) is 13.9. The molecule has 0 saturated carbocycles. The molecule has 1 aromatic heterocycles. The van der Waals surface area contributed by atoms with Crippen molar-refractivity contribution in [2.24, 2.45) is 0 Å². The number of alkyl halides is 3. The van der Waals surface area contributed by atoms with Gasteiger partial charge in [-0.15, -0.1) is 0 Å². The van der Waals surface area contributed by atoms with Crippen LogP contribution >= 0.6 is 0 Å². The molecule has 1 aliphatic rings. The second-order valence-corrected chi connectivity index (χ2v) is 9.26. The lowest BCUT2D eigenvalue weighted by Crippen LogP contribution is -2.50. The molecule has 0 N–H and O–H groups in total. The van der Waals surface area contributed by atoms with E-state index in [2.05, 4.69) is 5.16 Å². The van der Waals surface area contributed by atoms with Crippen LogP contribution in [-0.2, 0) is 16.2 Å². The summed E-state index contributed by atoms with van der Waals surface area (Å²) in [5, 5.41) is 3.84. The zero-order valence-corrected chi connectivity index (χ0v) is 17.5. The summed E-state index contributed by atoms with van der Waals surface area (Å²) in [5.41, 5.74) is -0.410. The fraction of sp³-hybridized carbons (Fsp3) is 0.474. The van der Waals surface area contributed by atoms with Crippen LogP contribution in [0, 0.1) is 6.92 Å². The van der Waals surface area contributed by atoms with Crippen LogP contribution in [0.5, 0.6) is 0 Å². The molecule has 1 amide bonds. The Morgan fingerprint density at radius 2 is 1.73 bits per heavy atom. The van der Waals surface area contributed by atoms with Crippen LogP contribution in [0.3, 0.4) is 0 Å². The molecular formula is C19H22F3N3O4S. The Morgan fingerprint density at radius 3 is 2.30 bits per heavy atom. The zero-order chi connectivity index (χ0) is 22.3. The highest BCUT2D eigenvalue weighted by Crippen LogP contribution is 2.35. The smallest absolute Gasteiger partial charge is 0.360 e. The molecule has 2 heterocycles. The van der Waals surface area contributed by atoms with Gasteiger partial charge in [-0.2, -0.15) is 17.5 Å². The number of aryl methyl sites for hydroxylation is 1. The van der Waals surface area contributed by atoms with Crippen molar-refractivity contribution >= 4 is 15.9 Å². The van der Waals surface area contributed by atoms with Gasteiger partial charge in [0.1, 0.15) is 5.56 Å². The average molecular weight is 445 g/mol. The Morgan fingerprint density at radius 1 is 1.13 bits per heavy atom. The predicted molar refractivity (Wildman–Crippen MR) is 101 cm³/mol. The third kappa shape index (κ3) is 4.08. The number of sulfonamides is 1. The quantitative estimate of drug-likeness (QED) is 0.721. The summed E-state index contributed by atoms with van der Waals surface area (Å²) in [4.78, 5) is 13.6. The lowest BCUT2D eigenvalue weighted by Gasteiger charge is -2.34. The summed E-state index contributed by atoms with van der Waals surface area (Å²) >= 11 is 0. The number of carbonyl (C=O) groups excluding carboxylic acids is 1. The van der Waals surface area contributed by atoms with Gasteiger partial charge >= 0.3 is 6.18 Å². The van der Waals surface area contributed by atoms with E-state index < -0.39 is 26.7 Å². The van der Waals surface area contributed by atoms with Crippen LogP contribution in [0.2, 0.25) is 0 Å². The summed E-state index contributed by atoms with van der Waals surface area (Å²) in [6.07, 6.45) is -4.79. The number of benzene rings is 1. The molecule has 3 rings (SSSR count). The van der Waals surface area contributed by atoms with Gasteiger partial charge in [-0.05, 0) is 19.1 Å². The molecule has 2 aromatic rings. The number of hydrogen-bond acceptors (Lipinski definition) is 5. The zero-order valence-electron chi connectivity index (χ0n) is 16.7. The first kappa shape index (κ1) is 22.3. The maximum Gasteiger partial charge on any atom is 0.417 e. The maximum absolute atomic E-state index is 13.3. The number of piperazine rings is 1. The molecule has 0 aliphatic carbocycles. The van der Waals surface area contributed by atoms with Crippen LogP contribution in [-0.4, -0.2) is 54.9 Å². The van der Waals surface area contributed by atoms with E-state index in [0.29, 0.717) is 17.0 Å². The van der Waals surface area contributed by atoms with Crippen LogP contribution in [0.25, 0.3) is 0 Å². The average Bonchev–Trinajstić information content (AvgIpc) is 3.08. The molecule has 0 spiro atoms. The minimum Gasteiger partial charge on any atom is -0.360 e. The molecule has 1 aromatic carbocycles. The fourth-order valence-electron chi connectivity index (χ4n) is 3.40. The van der Waals surface area contributed by atoms with E-state index in [9.17, 15) is 26.4 Å². The van der Waals surface area contributed by atoms with Crippen molar-refractivity contribution in [1.29, 1.82) is 0 Å². The number of halogens is 3. The van der Waals surface area contributed by atoms with E-state index in [4.69, 9.17) is 4.52 Å². The predicted octanol–water partition coefficient (Wildman–Crippen LogP) is 3.27. The lowest BCUT2D eigenvalue weighted by molar-refractivity contribution is -0.139. The van der Waals surface area contributed by atoms with Crippen LogP contribution in [0.1, 0.15) is 47.1 Å². The molecular weight excluding hydrogens is 423 g/mol. The van der Waals surface area contributed by atoms with E-state index in [1.165, 1.54) is 11.0 Å². The van der Waals surface area contributed by atoms with Crippen LogP contribution in [0.15, 0.2) is 33.7 Å². The van der Waals surface area contributed by atoms with E-state index in [1.807, 2.05) is 13.8 Å². The van der Waals surface area contributed by atoms with Crippen molar-refractivity contribution in [1.82, 2.24) is 14.4 Å². The lowest BCUT2D eigenvalue weighted by atomic mass is 10.0. The Kier molecular flexibility index (Phi) is 5.96. The summed E-state index contributed by atoms with van der Waals surface area (Å²) in [6, 6.07) is 4.09. The maximum atomic E-state index is 13.3. The van der Waals surface area contributed by atoms with Crippen LogP contribution < -0.4 is 0 Å². The molecule has 1 saturated heterocycles. The van der Waals surface area contributed by atoms with Gasteiger partial charge < -0.3 is 9.42 Å². The van der Waals surface area contributed by atoms with Gasteiger partial charge in [-0.1, -0.05) is 31.1 Å². The van der Waals surface area contributed by atoms with E-state index in [0.717, 1.165) is 22.5 Å². The summed E-state index contributed by atoms with van der Waals surface area (Å²) < 4.78 is 71.7. The van der Waals surface area contributed by atoms with Crippen molar-refractivity contribution in [2.45, 2.75) is 37.8 Å². The summed E-state index contributed by atoms with van der Waals surface area (Å²) in [7, 11) is -4.36. The molecule has 30 heavy (non-hydrogen) atoms. The second kappa shape index (κ2) is 8.03. The third-order valence-corrected chi connectivity index (χ3v) is 6.92. The number of rotatable bonds is 4. The van der Waals surface area contributed by atoms with Crippen molar-refractivity contribution in [3.63, 3.8) is 0 Å². The number of carbonyl (C=O) groups is 1. The molecule has 0 bridgehead atoms. The largest absolute Gasteiger partial charge is 0.417 e. The summed E-state index contributed by atoms with van der Waals surface area (Å²) in [5.74, 6) is 0.0579. The number of amides is 1. The minimum atomic E-state index is -4.79. The highest BCUT2D eigenvalue weighted by molar-refractivity contribution is 7.89. The molecule has 164 valence electrons. The monoisotopic (exact) mass is 445 g/mol. The Hall–Kier alpha value is -2.40. The van der Waals surface area contributed by atoms with E-state index in [1.54, 1.807) is 6.92 Å². The second-order valence-electron chi connectivity index (χ2n) is 7.35. The highest BCUT2D eigenvalue weighted by atomic mass is 32.2. The minimum absolute atomic E-state index is 0.0500. The molecule has 7 nitrogen and oxygen atoms in total. The highest BCUT2D eigenvalue weighted by Gasteiger charge is 2.40. The van der Waals surface area contributed by atoms with Gasteiger partial charge in [0.15, 0.2) is 5.76 Å². The Labute approximate surface area is 172 Å². The third-order valence-electron chi connectivity index (χ3n) is 4.96. The van der Waals surface area contributed by atoms with Crippen molar-refractivity contribution < 1.29 is 30.9 Å². The van der Waals surface area contributed by atoms with Gasteiger partial charge in [0.2, 0.25) is 10.0 Å². The van der Waals surface area contributed by atoms with Gasteiger partial charge in [0.05, 0.1) is 16.2 Å². The van der Waals surface area contributed by atoms with E-state index >= 15 is 0 Å². The topological polar surface area (TPSA) is 83.7 Å². The normalized spacial score (nSPS) is 16.3. The summed E-state index contributed by atoms with van der Waals surface area (Å²) in [6.45, 7) is 5.25. The fourth-order valence-corrected chi connectivity index (χ4v) is 5.03. The molecule has 0 unspecified atom stereocenters. The number of hydrogen-bond donors (Lipinski definition) is 0. The molecule has 11 heteroatoms. The molecule has 1 aliphatic heterocycles. The van der Waals surface area contributed by atoms with Crippen molar-refractivity contribution in [2.75, 3.05) is 26.2 Å². The molecule has 0 radical (unpaired) electrons. The van der Waals surface area contributed by atoms with Gasteiger partial charge in [0.25, 0.3) is 5.91 Å². The van der Waals surface area contributed by atoms with Gasteiger partial charge in [-0.25, -0.2) is 8.42 Å². The van der Waals surface area contributed by atoms with Crippen LogP contribution in [0.4, 0.5) is 13.2 Å². The standard InChI is InChI=1S/C19H22F3N3O4S/c1-12(2)17-16(13(3)23-29-17)18(26)24-8-10-25(11-9-24)30(27,28)15-7-5-4-6-14(15)19(20,21)22/h4-7,12H,8-11H2,1-3H3. The van der Waals surface area contributed by atoms with E-state index in [-0.39, 0.29) is 38.0 Å². The Balaban J connectivity index is 1.80. The first-order valence-electron chi connectivity index (χ1n) is 9.36. The van der Waals surface area contributed by atoms with Crippen molar-refractivity contribution in [3.8, 4) is 0 Å².